The first-order valence-corrected chi connectivity index (χ1v) is 17.6. The summed E-state index contributed by atoms with van der Waals surface area (Å²) in [5.41, 5.74) is 0.0970. The second kappa shape index (κ2) is 9.11. The number of carbonyl (C=O) groups excluding carboxylic acids is 1. The second-order valence-electron chi connectivity index (χ2n) is 12.0. The lowest BCUT2D eigenvalue weighted by atomic mass is 9.97. The molecule has 0 amide bonds. The Hall–Kier alpha value is -0.616. The fourth-order valence-electron chi connectivity index (χ4n) is 3.05. The van der Waals surface area contributed by atoms with Crippen molar-refractivity contribution in [3.05, 3.63) is 35.9 Å². The fourth-order valence-corrected chi connectivity index (χ4v) is 5.75. The third kappa shape index (κ3) is 5.47. The van der Waals surface area contributed by atoms with Crippen molar-refractivity contribution < 1.29 is 27.9 Å². The van der Waals surface area contributed by atoms with Gasteiger partial charge in [-0.15, -0.1) is 0 Å². The predicted octanol–water partition coefficient (Wildman–Crippen LogP) is 6.27. The van der Waals surface area contributed by atoms with Crippen molar-refractivity contribution in [3.8, 4) is 0 Å². The van der Waals surface area contributed by atoms with Gasteiger partial charge in [0, 0.05) is 5.56 Å². The minimum absolute atomic E-state index is 0.0431. The van der Waals surface area contributed by atoms with Gasteiger partial charge >= 0.3 is 0 Å². The van der Waals surface area contributed by atoms with E-state index in [9.17, 15) is 9.90 Å². The third-order valence-electron chi connectivity index (χ3n) is 7.45. The number of benzene rings is 1. The molecular weight excluding hydrogens is 479 g/mol. The van der Waals surface area contributed by atoms with Gasteiger partial charge in [0.1, 0.15) is 12.2 Å². The van der Waals surface area contributed by atoms with E-state index in [4.69, 9.17) is 25.2 Å². The maximum atomic E-state index is 16.3. The summed E-state index contributed by atoms with van der Waals surface area (Å²) in [6, 6.07) is 7.95. The Labute approximate surface area is 205 Å². The van der Waals surface area contributed by atoms with Gasteiger partial charge in [0.15, 0.2) is 16.6 Å². The summed E-state index contributed by atoms with van der Waals surface area (Å²) in [4.78, 5) is 13.2. The van der Waals surface area contributed by atoms with E-state index in [0.717, 1.165) is 0 Å². The molecule has 0 aliphatic carbocycles. The number of ketones is 1. The Bertz CT molecular complexity index is 849. The van der Waals surface area contributed by atoms with Crippen LogP contribution in [0, 0.1) is 0 Å². The van der Waals surface area contributed by atoms with Crippen LogP contribution in [0.3, 0.4) is 0 Å². The van der Waals surface area contributed by atoms with Crippen molar-refractivity contribution in [1.82, 2.24) is 0 Å². The van der Waals surface area contributed by atoms with Crippen molar-refractivity contribution in [1.29, 1.82) is 0 Å². The molecular formula is C24H40ClFO5Si2. The Morgan fingerprint density at radius 2 is 1.55 bits per heavy atom. The number of hydrogen-bond acceptors (Lipinski definition) is 5. The van der Waals surface area contributed by atoms with Crippen LogP contribution >= 0.6 is 11.6 Å². The smallest absolute Gasteiger partial charge is 0.284 e. The minimum atomic E-state index is -3.00. The van der Waals surface area contributed by atoms with Crippen molar-refractivity contribution in [2.24, 2.45) is 0 Å². The van der Waals surface area contributed by atoms with Gasteiger partial charge in [-0.1, -0.05) is 83.5 Å². The number of Topliss-reactive ketones (excluding diaryl/α,β-unsaturated/α-hetero) is 1. The van der Waals surface area contributed by atoms with Crippen LogP contribution in [0.4, 0.5) is 4.39 Å². The molecule has 0 saturated carbocycles. The molecule has 188 valence electrons. The van der Waals surface area contributed by atoms with Crippen molar-refractivity contribution >= 4 is 34.0 Å². The molecule has 1 unspecified atom stereocenters. The molecule has 1 aliphatic heterocycles. The summed E-state index contributed by atoms with van der Waals surface area (Å²) >= 11 is 6.37. The maximum Gasteiger partial charge on any atom is 0.284 e. The summed E-state index contributed by atoms with van der Waals surface area (Å²) < 4.78 is 34.7. The van der Waals surface area contributed by atoms with Crippen LogP contribution in [-0.4, -0.2) is 57.3 Å². The van der Waals surface area contributed by atoms with Crippen molar-refractivity contribution in [3.63, 3.8) is 0 Å². The van der Waals surface area contributed by atoms with E-state index in [-0.39, 0.29) is 22.2 Å². The maximum absolute atomic E-state index is 16.3. The topological polar surface area (TPSA) is 65.0 Å². The zero-order valence-corrected chi connectivity index (χ0v) is 24.3. The molecule has 4 atom stereocenters. The molecule has 1 aromatic rings. The molecule has 0 aromatic heterocycles. The van der Waals surface area contributed by atoms with Gasteiger partial charge in [0.25, 0.3) is 10.9 Å². The molecule has 0 radical (unpaired) electrons. The lowest BCUT2D eigenvalue weighted by molar-refractivity contribution is -0.190. The predicted molar refractivity (Wildman–Crippen MR) is 136 cm³/mol. The number of halogens is 2. The van der Waals surface area contributed by atoms with Gasteiger partial charge in [0.05, 0.1) is 6.61 Å². The number of aliphatic hydroxyl groups is 1. The number of alkyl halides is 2. The van der Waals surface area contributed by atoms with E-state index in [1.165, 1.54) is 12.1 Å². The normalized spacial score (nSPS) is 29.4. The lowest BCUT2D eigenvalue weighted by Crippen LogP contribution is -2.58. The molecule has 2 rings (SSSR count). The van der Waals surface area contributed by atoms with Crippen LogP contribution in [-0.2, 0) is 13.6 Å². The number of hydrogen-bond donors (Lipinski definition) is 1. The molecule has 1 fully saturated rings. The third-order valence-corrected chi connectivity index (χ3v) is 16.9. The summed E-state index contributed by atoms with van der Waals surface area (Å²) in [7, 11) is -4.80. The Balaban J connectivity index is 2.48. The average Bonchev–Trinajstić information content (AvgIpc) is 2.85. The van der Waals surface area contributed by atoms with E-state index in [2.05, 4.69) is 33.9 Å². The highest BCUT2D eigenvalue weighted by Gasteiger charge is 2.71. The van der Waals surface area contributed by atoms with E-state index in [0.29, 0.717) is 0 Å². The first-order valence-electron chi connectivity index (χ1n) is 11.4. The standard InChI is InChI=1S/C24H40ClFO5Si2/c1-21(2,3)32(7,8)29-16-18-20(31-33(9,10)22(4,5)6)23(25,26)24(28,30-18)19(27)17-14-12-11-13-15-17/h11-15,18,20,28H,16H2,1-10H3/t18-,20-,23+,24?/m1/s1. The lowest BCUT2D eigenvalue weighted by Gasteiger charge is -2.42. The van der Waals surface area contributed by atoms with Crippen molar-refractivity contribution in [2.75, 3.05) is 6.61 Å². The largest absolute Gasteiger partial charge is 0.414 e. The quantitative estimate of drug-likeness (QED) is 0.261. The zero-order valence-electron chi connectivity index (χ0n) is 21.6. The van der Waals surface area contributed by atoms with Gasteiger partial charge in [0.2, 0.25) is 5.78 Å². The molecule has 1 aliphatic rings. The molecule has 0 bridgehead atoms. The SMILES string of the molecule is CC(C)(C)[Si](C)(C)OC[C@H]1OC(O)(C(=O)c2ccccc2)[C@](F)(Cl)[C@@H]1O[Si](C)(C)C(C)(C)C. The molecule has 1 N–H and O–H groups in total. The minimum Gasteiger partial charge on any atom is -0.414 e. The number of ether oxygens (including phenoxy) is 1. The first-order chi connectivity index (χ1) is 14.7. The molecule has 1 heterocycles. The summed E-state index contributed by atoms with van der Waals surface area (Å²) in [6.45, 7) is 20.3. The first kappa shape index (κ1) is 28.6. The van der Waals surface area contributed by atoms with Gasteiger partial charge in [-0.3, -0.25) is 4.79 Å². The molecule has 0 spiro atoms. The van der Waals surface area contributed by atoms with Crippen LogP contribution in [0.15, 0.2) is 30.3 Å². The van der Waals surface area contributed by atoms with Gasteiger partial charge in [-0.25, -0.2) is 4.39 Å². The highest BCUT2D eigenvalue weighted by atomic mass is 35.5. The Morgan fingerprint density at radius 1 is 1.06 bits per heavy atom. The van der Waals surface area contributed by atoms with E-state index >= 15 is 4.39 Å². The van der Waals surface area contributed by atoms with Crippen LogP contribution < -0.4 is 0 Å². The average molecular weight is 519 g/mol. The molecule has 9 heteroatoms. The molecule has 33 heavy (non-hydrogen) atoms. The molecule has 5 nitrogen and oxygen atoms in total. The van der Waals surface area contributed by atoms with Crippen LogP contribution in [0.2, 0.25) is 36.3 Å². The van der Waals surface area contributed by atoms with Gasteiger partial charge in [-0.05, 0) is 36.3 Å². The van der Waals surface area contributed by atoms with Gasteiger partial charge in [-0.2, -0.15) is 0 Å². The summed E-state index contributed by atoms with van der Waals surface area (Å²) in [6.07, 6.45) is -2.45. The van der Waals surface area contributed by atoms with E-state index in [1.807, 2.05) is 33.9 Å². The van der Waals surface area contributed by atoms with Crippen molar-refractivity contribution in [2.45, 2.75) is 101 Å². The summed E-state index contributed by atoms with van der Waals surface area (Å²) in [5.74, 6) is -3.86. The highest BCUT2D eigenvalue weighted by molar-refractivity contribution is 6.74. The number of carbonyl (C=O) groups is 1. The van der Waals surface area contributed by atoms with Gasteiger partial charge < -0.3 is 18.7 Å². The van der Waals surface area contributed by atoms with Crippen LogP contribution in [0.25, 0.3) is 0 Å². The zero-order chi connectivity index (χ0) is 25.7. The fraction of sp³-hybridized carbons (Fsp3) is 0.708. The van der Waals surface area contributed by atoms with Crippen LogP contribution in [0.5, 0.6) is 0 Å². The Kier molecular flexibility index (Phi) is 7.90. The summed E-state index contributed by atoms with van der Waals surface area (Å²) in [5, 5.41) is 7.93. The Morgan fingerprint density at radius 3 is 2.00 bits per heavy atom. The monoisotopic (exact) mass is 518 g/mol. The second-order valence-corrected chi connectivity index (χ2v) is 22.1. The highest BCUT2D eigenvalue weighted by Crippen LogP contribution is 2.51. The molecule has 1 aromatic carbocycles. The van der Waals surface area contributed by atoms with Crippen LogP contribution in [0.1, 0.15) is 51.9 Å². The number of rotatable bonds is 7. The molecule has 1 saturated heterocycles. The van der Waals surface area contributed by atoms with E-state index in [1.54, 1.807) is 18.2 Å². The van der Waals surface area contributed by atoms with E-state index < -0.39 is 45.5 Å².